The number of carbonyl (C=O) groups is 2. The topological polar surface area (TPSA) is 137 Å². The minimum Gasteiger partial charge on any atom is -0.506 e. The van der Waals surface area contributed by atoms with Gasteiger partial charge in [0.1, 0.15) is 5.75 Å². The maximum atomic E-state index is 13.0. The monoisotopic (exact) mass is 459 g/mol. The number of imide groups is 1. The molecule has 0 aliphatic carbocycles. The third kappa shape index (κ3) is 3.56. The Kier molecular flexibility index (Phi) is 5.18. The molecule has 2 aromatic heterocycles. The first kappa shape index (κ1) is 20.9. The van der Waals surface area contributed by atoms with Crippen LogP contribution >= 0.6 is 11.8 Å². The van der Waals surface area contributed by atoms with Crippen LogP contribution < -0.4 is 11.1 Å². The molecule has 166 valence electrons. The summed E-state index contributed by atoms with van der Waals surface area (Å²) in [5.74, 6) is -0.161. The number of nitrogens with one attached hydrogen (secondary N) is 3. The molecule has 1 aliphatic heterocycles. The molecule has 0 unspecified atom stereocenters. The number of aromatic nitrogens is 2. The van der Waals surface area contributed by atoms with Crippen LogP contribution in [0.3, 0.4) is 0 Å². The summed E-state index contributed by atoms with van der Waals surface area (Å²) in [6.45, 7) is 0.555. The van der Waals surface area contributed by atoms with Crippen LogP contribution in [-0.4, -0.2) is 37.4 Å². The molecule has 4 aromatic rings. The number of nitrogens with zero attached hydrogens (tertiary/aromatic N) is 1. The van der Waals surface area contributed by atoms with Gasteiger partial charge in [-0.25, -0.2) is 0 Å². The SMILES string of the molecule is N=C(N)SCCCn1cc(C2=C(c3c[nH]c4ccccc34)C(=O)NC2=O)c2cccc(O)c21. The van der Waals surface area contributed by atoms with Gasteiger partial charge in [-0.15, -0.1) is 0 Å². The second kappa shape index (κ2) is 8.18. The number of phenols is 1. The Labute approximate surface area is 193 Å². The van der Waals surface area contributed by atoms with Crippen LogP contribution in [-0.2, 0) is 16.1 Å². The smallest absolute Gasteiger partial charge is 0.259 e. The number of carbonyl (C=O) groups excluding carboxylic acids is 2. The second-order valence-electron chi connectivity index (χ2n) is 7.76. The minimum atomic E-state index is -0.463. The molecular formula is C24H21N5O3S. The van der Waals surface area contributed by atoms with Gasteiger partial charge in [-0.2, -0.15) is 0 Å². The van der Waals surface area contributed by atoms with E-state index in [1.165, 1.54) is 11.8 Å². The fourth-order valence-electron chi connectivity index (χ4n) is 4.38. The predicted molar refractivity (Wildman–Crippen MR) is 131 cm³/mol. The fraction of sp³-hybridized carbons (Fsp3) is 0.125. The third-order valence-corrected chi connectivity index (χ3v) is 6.54. The summed E-state index contributed by atoms with van der Waals surface area (Å²) in [4.78, 5) is 29.1. The molecule has 6 N–H and O–H groups in total. The number of phenolic OH excluding ortho intramolecular Hbond substituents is 1. The van der Waals surface area contributed by atoms with E-state index in [0.29, 0.717) is 46.3 Å². The van der Waals surface area contributed by atoms with Crippen molar-refractivity contribution in [2.24, 2.45) is 5.73 Å². The number of H-pyrrole nitrogens is 1. The van der Waals surface area contributed by atoms with E-state index < -0.39 is 11.8 Å². The summed E-state index contributed by atoms with van der Waals surface area (Å²) in [6.07, 6.45) is 4.26. The molecule has 33 heavy (non-hydrogen) atoms. The Hall–Kier alpha value is -3.98. The second-order valence-corrected chi connectivity index (χ2v) is 8.89. The van der Waals surface area contributed by atoms with E-state index in [9.17, 15) is 14.7 Å². The van der Waals surface area contributed by atoms with Crippen molar-refractivity contribution in [3.05, 3.63) is 66.0 Å². The number of rotatable bonds is 6. The zero-order valence-corrected chi connectivity index (χ0v) is 18.3. The predicted octanol–water partition coefficient (Wildman–Crippen LogP) is 3.41. The summed E-state index contributed by atoms with van der Waals surface area (Å²) >= 11 is 1.26. The fourth-order valence-corrected chi connectivity index (χ4v) is 4.87. The first-order chi connectivity index (χ1) is 16.0. The van der Waals surface area contributed by atoms with Gasteiger partial charge in [-0.1, -0.05) is 42.1 Å². The van der Waals surface area contributed by atoms with Crippen LogP contribution in [0, 0.1) is 5.41 Å². The molecule has 1 aliphatic rings. The van der Waals surface area contributed by atoms with E-state index >= 15 is 0 Å². The van der Waals surface area contributed by atoms with Gasteiger partial charge in [0.25, 0.3) is 11.8 Å². The van der Waals surface area contributed by atoms with Crippen molar-refractivity contribution in [1.82, 2.24) is 14.9 Å². The summed E-state index contributed by atoms with van der Waals surface area (Å²) < 4.78 is 1.89. The van der Waals surface area contributed by atoms with Crippen molar-refractivity contribution < 1.29 is 14.7 Å². The largest absolute Gasteiger partial charge is 0.506 e. The molecule has 0 saturated heterocycles. The van der Waals surface area contributed by atoms with E-state index in [4.69, 9.17) is 11.1 Å². The molecule has 8 nitrogen and oxygen atoms in total. The van der Waals surface area contributed by atoms with Crippen molar-refractivity contribution in [3.8, 4) is 5.75 Å². The van der Waals surface area contributed by atoms with Crippen molar-refractivity contribution in [1.29, 1.82) is 5.41 Å². The lowest BCUT2D eigenvalue weighted by Gasteiger charge is -2.06. The number of thioether (sulfide) groups is 1. The van der Waals surface area contributed by atoms with Crippen LogP contribution in [0.15, 0.2) is 54.9 Å². The molecule has 2 amide bonds. The molecule has 0 saturated carbocycles. The number of aromatic amines is 1. The van der Waals surface area contributed by atoms with Crippen molar-refractivity contribution in [3.63, 3.8) is 0 Å². The number of hydrogen-bond acceptors (Lipinski definition) is 5. The lowest BCUT2D eigenvalue weighted by molar-refractivity contribution is -0.122. The number of hydrogen-bond donors (Lipinski definition) is 5. The highest BCUT2D eigenvalue weighted by atomic mass is 32.2. The Bertz CT molecular complexity index is 1480. The maximum absolute atomic E-state index is 13.0. The number of nitrogens with two attached hydrogens (primary N) is 1. The molecule has 0 fully saturated rings. The zero-order valence-electron chi connectivity index (χ0n) is 17.5. The van der Waals surface area contributed by atoms with Gasteiger partial charge >= 0.3 is 0 Å². The number of fused-ring (bicyclic) bond motifs is 2. The van der Waals surface area contributed by atoms with Gasteiger partial charge in [0, 0.05) is 52.1 Å². The average molecular weight is 460 g/mol. The highest BCUT2D eigenvalue weighted by Crippen LogP contribution is 2.40. The molecular weight excluding hydrogens is 438 g/mol. The van der Waals surface area contributed by atoms with Crippen LogP contribution in [0.25, 0.3) is 33.0 Å². The normalized spacial score (nSPS) is 13.9. The molecule has 0 bridgehead atoms. The van der Waals surface area contributed by atoms with Crippen LogP contribution in [0.5, 0.6) is 5.75 Å². The van der Waals surface area contributed by atoms with E-state index in [2.05, 4.69) is 10.3 Å². The van der Waals surface area contributed by atoms with E-state index in [-0.39, 0.29) is 16.5 Å². The summed E-state index contributed by atoms with van der Waals surface area (Å²) in [6, 6.07) is 12.8. The number of aryl methyl sites for hydroxylation is 1. The summed E-state index contributed by atoms with van der Waals surface area (Å²) in [5, 5.41) is 22.0. The van der Waals surface area contributed by atoms with Gasteiger partial charge in [-0.05, 0) is 18.6 Å². The Morgan fingerprint density at radius 1 is 1.03 bits per heavy atom. The van der Waals surface area contributed by atoms with Gasteiger partial charge in [-0.3, -0.25) is 20.3 Å². The van der Waals surface area contributed by atoms with Gasteiger partial charge < -0.3 is 20.4 Å². The zero-order chi connectivity index (χ0) is 23.1. The van der Waals surface area contributed by atoms with E-state index in [0.717, 1.165) is 10.9 Å². The molecule has 2 aromatic carbocycles. The summed E-state index contributed by atoms with van der Waals surface area (Å²) in [7, 11) is 0. The number of amides is 2. The van der Waals surface area contributed by atoms with Crippen LogP contribution in [0.1, 0.15) is 17.5 Å². The van der Waals surface area contributed by atoms with Gasteiger partial charge in [0.15, 0.2) is 5.17 Å². The molecule has 0 atom stereocenters. The molecule has 9 heteroatoms. The number of aromatic hydroxyl groups is 1. The molecule has 0 radical (unpaired) electrons. The van der Waals surface area contributed by atoms with Crippen molar-refractivity contribution in [2.45, 2.75) is 13.0 Å². The van der Waals surface area contributed by atoms with E-state index in [1.807, 2.05) is 41.1 Å². The van der Waals surface area contributed by atoms with Crippen molar-refractivity contribution in [2.75, 3.05) is 5.75 Å². The lowest BCUT2D eigenvalue weighted by atomic mass is 9.95. The first-order valence-electron chi connectivity index (χ1n) is 10.4. The van der Waals surface area contributed by atoms with E-state index in [1.54, 1.807) is 18.3 Å². The Balaban J connectivity index is 1.68. The summed E-state index contributed by atoms with van der Waals surface area (Å²) in [5.41, 5.74) is 8.73. The standard InChI is InChI=1S/C24H21N5O3S/c25-24(26)33-10-4-9-29-12-16(14-6-3-8-18(30)21(14)29)20-19(22(31)28-23(20)32)15-11-27-17-7-2-1-5-13(15)17/h1-3,5-8,11-12,27,30H,4,9-10H2,(H3,25,26)(H,28,31,32). The maximum Gasteiger partial charge on any atom is 0.259 e. The van der Waals surface area contributed by atoms with Gasteiger partial charge in [0.05, 0.1) is 16.7 Å². The van der Waals surface area contributed by atoms with Crippen LogP contribution in [0.2, 0.25) is 0 Å². The lowest BCUT2D eigenvalue weighted by Crippen LogP contribution is -2.22. The molecule has 0 spiro atoms. The Morgan fingerprint density at radius 3 is 2.55 bits per heavy atom. The average Bonchev–Trinajstić information content (AvgIpc) is 3.44. The highest BCUT2D eigenvalue weighted by molar-refractivity contribution is 8.13. The Morgan fingerprint density at radius 2 is 1.76 bits per heavy atom. The number of benzene rings is 2. The van der Waals surface area contributed by atoms with Crippen LogP contribution in [0.4, 0.5) is 0 Å². The quantitative estimate of drug-likeness (QED) is 0.130. The highest BCUT2D eigenvalue weighted by Gasteiger charge is 2.35. The minimum absolute atomic E-state index is 0.0607. The molecule has 3 heterocycles. The third-order valence-electron chi connectivity index (χ3n) is 5.74. The molecule has 5 rings (SSSR count). The first-order valence-corrected chi connectivity index (χ1v) is 11.4. The number of amidine groups is 1. The van der Waals surface area contributed by atoms with Gasteiger partial charge in [0.2, 0.25) is 0 Å². The van der Waals surface area contributed by atoms with Crippen molar-refractivity contribution >= 4 is 61.7 Å². The number of para-hydroxylation sites is 2.